The zero-order valence-corrected chi connectivity index (χ0v) is 14.5. The molecule has 0 unspecified atom stereocenters. The Morgan fingerprint density at radius 1 is 1.22 bits per heavy atom. The number of unbranched alkanes of at least 4 members (excludes halogenated alkanes) is 3. The predicted octanol–water partition coefficient (Wildman–Crippen LogP) is 3.10. The average Bonchev–Trinajstić information content (AvgIpc) is 2.63. The Balaban J connectivity index is 2.43. The van der Waals surface area contributed by atoms with E-state index in [4.69, 9.17) is 5.11 Å². The van der Waals surface area contributed by atoms with Crippen molar-refractivity contribution in [1.82, 2.24) is 4.72 Å². The number of halogens is 2. The molecule has 0 aromatic carbocycles. The second kappa shape index (κ2) is 7.96. The zero-order chi connectivity index (χ0) is 13.6. The topological polar surface area (TPSA) is 66.4 Å². The predicted molar refractivity (Wildman–Crippen MR) is 80.5 cm³/mol. The third-order valence-corrected chi connectivity index (χ3v) is 6.51. The molecule has 18 heavy (non-hydrogen) atoms. The summed E-state index contributed by atoms with van der Waals surface area (Å²) < 4.78 is 27.9. The molecule has 0 bridgehead atoms. The van der Waals surface area contributed by atoms with Gasteiger partial charge in [-0.25, -0.2) is 13.1 Å². The first-order chi connectivity index (χ1) is 8.47. The molecule has 0 saturated heterocycles. The molecule has 0 aliphatic heterocycles. The third-order valence-electron chi connectivity index (χ3n) is 2.29. The molecule has 0 spiro atoms. The van der Waals surface area contributed by atoms with E-state index in [2.05, 4.69) is 36.6 Å². The molecule has 1 aromatic rings. The van der Waals surface area contributed by atoms with Gasteiger partial charge in [-0.15, -0.1) is 11.3 Å². The first kappa shape index (κ1) is 16.6. The van der Waals surface area contributed by atoms with Gasteiger partial charge < -0.3 is 5.11 Å². The molecular weight excluding hydrogens is 406 g/mol. The van der Waals surface area contributed by atoms with Gasteiger partial charge in [-0.05, 0) is 50.8 Å². The molecule has 1 rings (SSSR count). The Morgan fingerprint density at radius 3 is 2.44 bits per heavy atom. The van der Waals surface area contributed by atoms with Crippen LogP contribution in [0.25, 0.3) is 0 Å². The van der Waals surface area contributed by atoms with E-state index in [-0.39, 0.29) is 11.5 Å². The maximum Gasteiger partial charge on any atom is 0.242 e. The fourth-order valence-corrected chi connectivity index (χ4v) is 6.27. The number of hydrogen-bond acceptors (Lipinski definition) is 4. The van der Waals surface area contributed by atoms with E-state index in [0.717, 1.165) is 29.5 Å². The lowest BCUT2D eigenvalue weighted by Crippen LogP contribution is -2.24. The number of aliphatic hydroxyl groups excluding tert-OH is 1. The molecule has 0 radical (unpaired) electrons. The van der Waals surface area contributed by atoms with Crippen LogP contribution in [0.4, 0.5) is 0 Å². The summed E-state index contributed by atoms with van der Waals surface area (Å²) in [4.78, 5) is 0.273. The van der Waals surface area contributed by atoms with Gasteiger partial charge in [0, 0.05) is 13.2 Å². The Hall–Kier alpha value is 0.530. The number of hydrogen-bond donors (Lipinski definition) is 2. The van der Waals surface area contributed by atoms with Crippen molar-refractivity contribution in [2.75, 3.05) is 13.2 Å². The highest BCUT2D eigenvalue weighted by atomic mass is 79.9. The van der Waals surface area contributed by atoms with Crippen LogP contribution >= 0.6 is 43.2 Å². The summed E-state index contributed by atoms with van der Waals surface area (Å²) in [6.45, 7) is 0.620. The maximum absolute atomic E-state index is 12.0. The minimum atomic E-state index is -3.43. The van der Waals surface area contributed by atoms with E-state index in [9.17, 15) is 8.42 Å². The summed E-state index contributed by atoms with van der Waals surface area (Å²) in [5.41, 5.74) is 0. The van der Waals surface area contributed by atoms with Crippen LogP contribution < -0.4 is 4.72 Å². The lowest BCUT2D eigenvalue weighted by atomic mass is 10.2. The monoisotopic (exact) mass is 419 g/mol. The highest BCUT2D eigenvalue weighted by Crippen LogP contribution is 2.34. The summed E-state index contributed by atoms with van der Waals surface area (Å²) in [6.07, 6.45) is 3.39. The molecule has 1 heterocycles. The van der Waals surface area contributed by atoms with Crippen molar-refractivity contribution in [2.24, 2.45) is 0 Å². The lowest BCUT2D eigenvalue weighted by molar-refractivity contribution is 0.282. The Bertz CT molecular complexity index is 473. The Morgan fingerprint density at radius 2 is 1.89 bits per heavy atom. The molecule has 0 amide bonds. The van der Waals surface area contributed by atoms with Crippen LogP contribution in [0.3, 0.4) is 0 Å². The normalized spacial score (nSPS) is 11.9. The Kier molecular flexibility index (Phi) is 7.33. The van der Waals surface area contributed by atoms with Gasteiger partial charge in [-0.1, -0.05) is 12.8 Å². The van der Waals surface area contributed by atoms with Gasteiger partial charge in [0.25, 0.3) is 0 Å². The van der Waals surface area contributed by atoms with Crippen LogP contribution in [0.2, 0.25) is 0 Å². The quantitative estimate of drug-likeness (QED) is 0.635. The van der Waals surface area contributed by atoms with Crippen molar-refractivity contribution >= 4 is 53.2 Å². The summed E-state index contributed by atoms with van der Waals surface area (Å²) in [6, 6.07) is 1.59. The SMILES string of the molecule is O=S(=O)(NCCCCCCO)c1cc(Br)sc1Br. The number of thiophene rings is 1. The summed E-state index contributed by atoms with van der Waals surface area (Å²) >= 11 is 7.83. The molecule has 0 fully saturated rings. The number of aliphatic hydroxyl groups is 1. The highest BCUT2D eigenvalue weighted by molar-refractivity contribution is 9.12. The fourth-order valence-electron chi connectivity index (χ4n) is 1.38. The van der Waals surface area contributed by atoms with Gasteiger partial charge in [0.1, 0.15) is 4.90 Å². The van der Waals surface area contributed by atoms with E-state index in [1.54, 1.807) is 6.07 Å². The summed E-state index contributed by atoms with van der Waals surface area (Å²) in [5.74, 6) is 0. The van der Waals surface area contributed by atoms with Crippen molar-refractivity contribution in [3.63, 3.8) is 0 Å². The van der Waals surface area contributed by atoms with Gasteiger partial charge >= 0.3 is 0 Å². The molecule has 0 saturated carbocycles. The van der Waals surface area contributed by atoms with Crippen LogP contribution in [0.1, 0.15) is 25.7 Å². The molecule has 0 aliphatic carbocycles. The molecule has 0 atom stereocenters. The molecule has 4 nitrogen and oxygen atoms in total. The van der Waals surface area contributed by atoms with Crippen molar-refractivity contribution < 1.29 is 13.5 Å². The first-order valence-corrected chi connectivity index (χ1v) is 9.41. The third kappa shape index (κ3) is 5.26. The van der Waals surface area contributed by atoms with Crippen LogP contribution in [0.5, 0.6) is 0 Å². The van der Waals surface area contributed by atoms with Crippen molar-refractivity contribution in [3.8, 4) is 0 Å². The van der Waals surface area contributed by atoms with E-state index in [1.807, 2.05) is 0 Å². The highest BCUT2D eigenvalue weighted by Gasteiger charge is 2.19. The standard InChI is InChI=1S/C10H15Br2NO3S2/c11-9-7-8(10(12)17-9)18(15,16)13-5-3-1-2-4-6-14/h7,13-14H,1-6H2. The van der Waals surface area contributed by atoms with Crippen LogP contribution in [0, 0.1) is 0 Å². The molecule has 1 aromatic heterocycles. The molecule has 8 heteroatoms. The maximum atomic E-state index is 12.0. The minimum Gasteiger partial charge on any atom is -0.396 e. The van der Waals surface area contributed by atoms with Gasteiger partial charge in [0.2, 0.25) is 10.0 Å². The average molecular weight is 421 g/mol. The van der Waals surface area contributed by atoms with Crippen molar-refractivity contribution in [2.45, 2.75) is 30.6 Å². The smallest absolute Gasteiger partial charge is 0.242 e. The fraction of sp³-hybridized carbons (Fsp3) is 0.600. The first-order valence-electron chi connectivity index (χ1n) is 5.52. The second-order valence-corrected chi connectivity index (χ2v) is 9.21. The number of sulfonamides is 1. The van der Waals surface area contributed by atoms with Gasteiger partial charge in [0.15, 0.2) is 0 Å². The number of rotatable bonds is 8. The van der Waals surface area contributed by atoms with E-state index in [0.29, 0.717) is 10.3 Å². The van der Waals surface area contributed by atoms with Crippen LogP contribution in [-0.4, -0.2) is 26.7 Å². The molecule has 104 valence electrons. The van der Waals surface area contributed by atoms with Gasteiger partial charge in [-0.3, -0.25) is 0 Å². The van der Waals surface area contributed by atoms with Crippen molar-refractivity contribution in [1.29, 1.82) is 0 Å². The molecular formula is C10H15Br2NO3S2. The largest absolute Gasteiger partial charge is 0.396 e. The minimum absolute atomic E-state index is 0.196. The second-order valence-electron chi connectivity index (χ2n) is 3.72. The van der Waals surface area contributed by atoms with Crippen LogP contribution in [-0.2, 0) is 10.0 Å². The summed E-state index contributed by atoms with van der Waals surface area (Å²) in [7, 11) is -3.43. The van der Waals surface area contributed by atoms with Gasteiger partial charge in [-0.2, -0.15) is 0 Å². The van der Waals surface area contributed by atoms with E-state index < -0.39 is 10.0 Å². The van der Waals surface area contributed by atoms with Crippen LogP contribution in [0.15, 0.2) is 18.5 Å². The molecule has 0 aliphatic rings. The van der Waals surface area contributed by atoms with Gasteiger partial charge in [0.05, 0.1) is 7.57 Å². The van der Waals surface area contributed by atoms with E-state index >= 15 is 0 Å². The molecule has 2 N–H and O–H groups in total. The summed E-state index contributed by atoms with van der Waals surface area (Å²) in [5, 5.41) is 8.61. The zero-order valence-electron chi connectivity index (χ0n) is 9.66. The lowest BCUT2D eigenvalue weighted by Gasteiger charge is -2.05. The Labute approximate surface area is 128 Å². The number of nitrogens with one attached hydrogen (secondary N) is 1. The van der Waals surface area contributed by atoms with E-state index in [1.165, 1.54) is 11.3 Å². The van der Waals surface area contributed by atoms with Crippen molar-refractivity contribution in [3.05, 3.63) is 13.6 Å².